The Hall–Kier alpha value is -1.34. The number of nitrogens with one attached hydrogen (secondary N) is 1. The van der Waals surface area contributed by atoms with Gasteiger partial charge in [0.25, 0.3) is 0 Å². The Labute approximate surface area is 161 Å². The molecule has 7 heteroatoms. The van der Waals surface area contributed by atoms with Gasteiger partial charge in [0, 0.05) is 17.5 Å². The summed E-state index contributed by atoms with van der Waals surface area (Å²) < 4.78 is 26.0. The average molecular weight is 427 g/mol. The molecule has 0 aliphatic carbocycles. The smallest absolute Gasteiger partial charge is 0.407 e. The van der Waals surface area contributed by atoms with Crippen LogP contribution < -0.4 is 10.1 Å². The number of alkyl carbamates (subject to hydrolysis) is 1. The Balaban J connectivity index is 1.51. The summed E-state index contributed by atoms with van der Waals surface area (Å²) in [6, 6.07) is 2.68. The molecule has 26 heavy (non-hydrogen) atoms. The topological polar surface area (TPSA) is 50.8 Å². The van der Waals surface area contributed by atoms with E-state index in [2.05, 4.69) is 26.1 Å². The number of hydrogen-bond donors (Lipinski definition) is 1. The molecule has 3 fully saturated rings. The molecule has 3 saturated heterocycles. The number of amides is 1. The number of halogens is 2. The van der Waals surface area contributed by atoms with E-state index >= 15 is 0 Å². The number of fused-ring (bicyclic) bond motifs is 4. The molecule has 0 saturated carbocycles. The number of rotatable bonds is 2. The fourth-order valence-corrected chi connectivity index (χ4v) is 4.59. The van der Waals surface area contributed by atoms with Gasteiger partial charge in [0.2, 0.25) is 0 Å². The third-order valence-corrected chi connectivity index (χ3v) is 6.47. The number of carbonyl (C=O) groups excluding carboxylic acids is 1. The molecule has 4 aliphatic heterocycles. The van der Waals surface area contributed by atoms with E-state index in [1.54, 1.807) is 6.07 Å². The minimum atomic E-state index is -0.432. The minimum absolute atomic E-state index is 0.0541. The van der Waals surface area contributed by atoms with Gasteiger partial charge in [-0.1, -0.05) is 13.8 Å². The van der Waals surface area contributed by atoms with Crippen LogP contribution in [-0.4, -0.2) is 43.3 Å². The van der Waals surface area contributed by atoms with Crippen LogP contribution in [0.4, 0.5) is 9.18 Å². The lowest BCUT2D eigenvalue weighted by molar-refractivity contribution is -0.0361. The second-order valence-corrected chi connectivity index (χ2v) is 9.09. The van der Waals surface area contributed by atoms with Crippen molar-refractivity contribution in [3.05, 3.63) is 28.0 Å². The second-order valence-electron chi connectivity index (χ2n) is 8.24. The highest BCUT2D eigenvalue weighted by Crippen LogP contribution is 2.44. The van der Waals surface area contributed by atoms with E-state index in [9.17, 15) is 9.18 Å². The Kier molecular flexibility index (Phi) is 4.63. The van der Waals surface area contributed by atoms with Crippen molar-refractivity contribution in [3.63, 3.8) is 0 Å². The first-order chi connectivity index (χ1) is 12.3. The lowest BCUT2D eigenvalue weighted by Crippen LogP contribution is -2.53. The summed E-state index contributed by atoms with van der Waals surface area (Å²) in [5.74, 6) is 0.669. The number of benzene rings is 1. The molecule has 1 unspecified atom stereocenters. The molecule has 0 aromatic heterocycles. The van der Waals surface area contributed by atoms with Crippen LogP contribution in [0.3, 0.4) is 0 Å². The highest BCUT2D eigenvalue weighted by Gasteiger charge is 2.41. The molecule has 0 radical (unpaired) electrons. The van der Waals surface area contributed by atoms with Gasteiger partial charge < -0.3 is 14.8 Å². The minimum Gasteiger partial charge on any atom is -0.493 e. The van der Waals surface area contributed by atoms with Crippen LogP contribution in [0, 0.1) is 17.2 Å². The fourth-order valence-electron chi connectivity index (χ4n) is 4.27. The zero-order chi connectivity index (χ0) is 18.5. The summed E-state index contributed by atoms with van der Waals surface area (Å²) in [6.07, 6.45) is 1.69. The molecular weight excluding hydrogens is 403 g/mol. The maximum Gasteiger partial charge on any atom is 0.407 e. The summed E-state index contributed by atoms with van der Waals surface area (Å²) in [5, 5.41) is 2.98. The van der Waals surface area contributed by atoms with Gasteiger partial charge in [-0.15, -0.1) is 0 Å². The zero-order valence-corrected chi connectivity index (χ0v) is 16.6. The maximum absolute atomic E-state index is 14.1. The Morgan fingerprint density at radius 3 is 2.77 bits per heavy atom. The van der Waals surface area contributed by atoms with Crippen LogP contribution in [0.15, 0.2) is 16.6 Å². The van der Waals surface area contributed by atoms with Crippen LogP contribution in [0.1, 0.15) is 38.3 Å². The molecule has 2 bridgehead atoms. The van der Waals surface area contributed by atoms with Crippen molar-refractivity contribution in [3.8, 4) is 5.75 Å². The van der Waals surface area contributed by atoms with Gasteiger partial charge in [0.05, 0.1) is 17.1 Å². The molecule has 142 valence electrons. The van der Waals surface area contributed by atoms with Crippen LogP contribution in [-0.2, 0) is 4.74 Å². The quantitative estimate of drug-likeness (QED) is 0.779. The largest absolute Gasteiger partial charge is 0.493 e. The van der Waals surface area contributed by atoms with Crippen LogP contribution in [0.25, 0.3) is 0 Å². The monoisotopic (exact) mass is 426 g/mol. The van der Waals surface area contributed by atoms with Crippen LogP contribution >= 0.6 is 15.9 Å². The van der Waals surface area contributed by atoms with E-state index in [-0.39, 0.29) is 23.4 Å². The normalized spacial score (nSPS) is 31.7. The van der Waals surface area contributed by atoms with Crippen molar-refractivity contribution in [1.29, 1.82) is 0 Å². The molecule has 1 aromatic rings. The van der Waals surface area contributed by atoms with Crippen molar-refractivity contribution < 1.29 is 18.7 Å². The van der Waals surface area contributed by atoms with Gasteiger partial charge in [0.15, 0.2) is 0 Å². The van der Waals surface area contributed by atoms with Crippen LogP contribution in [0.5, 0.6) is 5.75 Å². The molecule has 5 rings (SSSR count). The van der Waals surface area contributed by atoms with E-state index < -0.39 is 6.09 Å². The zero-order valence-electron chi connectivity index (χ0n) is 15.1. The van der Waals surface area contributed by atoms with Crippen molar-refractivity contribution in [2.24, 2.45) is 11.3 Å². The van der Waals surface area contributed by atoms with Crippen molar-refractivity contribution in [2.75, 3.05) is 26.2 Å². The van der Waals surface area contributed by atoms with Crippen molar-refractivity contribution >= 4 is 22.0 Å². The Morgan fingerprint density at radius 1 is 1.38 bits per heavy atom. The van der Waals surface area contributed by atoms with Gasteiger partial charge >= 0.3 is 6.09 Å². The number of ether oxygens (including phenoxy) is 2. The first-order valence-electron chi connectivity index (χ1n) is 9.15. The van der Waals surface area contributed by atoms with Crippen molar-refractivity contribution in [1.82, 2.24) is 10.2 Å². The summed E-state index contributed by atoms with van der Waals surface area (Å²) >= 11 is 3.19. The predicted octanol–water partition coefficient (Wildman–Crippen LogP) is 3.87. The number of hydrogen-bond acceptors (Lipinski definition) is 4. The number of nitrogens with zero attached hydrogens (tertiary/aromatic N) is 1. The highest BCUT2D eigenvalue weighted by atomic mass is 79.9. The molecule has 0 spiro atoms. The predicted molar refractivity (Wildman–Crippen MR) is 98.7 cm³/mol. The third kappa shape index (κ3) is 3.31. The van der Waals surface area contributed by atoms with E-state index in [0.29, 0.717) is 28.3 Å². The summed E-state index contributed by atoms with van der Waals surface area (Å²) in [5.41, 5.74) is 0.272. The number of piperidine rings is 3. The SMILES string of the molecule is CC1(C)COc2cc(Br)c(F)cc2C1NC(=O)O[C@H]1CN2CCC1CC2. The van der Waals surface area contributed by atoms with E-state index in [1.165, 1.54) is 6.07 Å². The van der Waals surface area contributed by atoms with Gasteiger partial charge in [-0.25, -0.2) is 9.18 Å². The first kappa shape index (κ1) is 18.0. The summed E-state index contributed by atoms with van der Waals surface area (Å²) in [7, 11) is 0. The van der Waals surface area contributed by atoms with E-state index in [0.717, 1.165) is 32.5 Å². The second kappa shape index (κ2) is 6.68. The molecule has 5 nitrogen and oxygen atoms in total. The van der Waals surface area contributed by atoms with Gasteiger partial charge in [-0.3, -0.25) is 4.90 Å². The molecule has 1 N–H and O–H groups in total. The lowest BCUT2D eigenvalue weighted by Gasteiger charge is -2.44. The van der Waals surface area contributed by atoms with Gasteiger partial charge in [-0.05, 0) is 59.9 Å². The van der Waals surface area contributed by atoms with Crippen LogP contribution in [0.2, 0.25) is 0 Å². The first-order valence-corrected chi connectivity index (χ1v) is 9.94. The van der Waals surface area contributed by atoms with E-state index in [4.69, 9.17) is 9.47 Å². The molecule has 1 amide bonds. The summed E-state index contributed by atoms with van der Waals surface area (Å²) in [4.78, 5) is 15.0. The number of carbonyl (C=O) groups is 1. The third-order valence-electron chi connectivity index (χ3n) is 5.86. The Bertz CT molecular complexity index is 719. The molecule has 4 aliphatic rings. The molecule has 1 aromatic carbocycles. The lowest BCUT2D eigenvalue weighted by atomic mass is 9.79. The molecular formula is C19H24BrFN2O3. The highest BCUT2D eigenvalue weighted by molar-refractivity contribution is 9.10. The summed E-state index contributed by atoms with van der Waals surface area (Å²) in [6.45, 7) is 7.43. The van der Waals surface area contributed by atoms with E-state index in [1.807, 2.05) is 13.8 Å². The fraction of sp³-hybridized carbons (Fsp3) is 0.632. The Morgan fingerprint density at radius 2 is 2.12 bits per heavy atom. The van der Waals surface area contributed by atoms with Gasteiger partial charge in [-0.2, -0.15) is 0 Å². The molecule has 4 heterocycles. The average Bonchev–Trinajstić information content (AvgIpc) is 2.60. The van der Waals surface area contributed by atoms with Gasteiger partial charge in [0.1, 0.15) is 17.7 Å². The van der Waals surface area contributed by atoms with Crippen molar-refractivity contribution in [2.45, 2.75) is 38.8 Å². The maximum atomic E-state index is 14.1. The standard InChI is InChI=1S/C19H24BrFN2O3/c1-19(2)10-25-15-8-13(20)14(21)7-12(15)17(19)22-18(24)26-16-9-23-5-3-11(16)4-6-23/h7-8,11,16-17H,3-6,9-10H2,1-2H3,(H,22,24)/t16-,17?/m0/s1. The molecule has 2 atom stereocenters.